The smallest absolute Gasteiger partial charge is 0.404 e. The first-order valence-corrected chi connectivity index (χ1v) is 9.41. The van der Waals surface area contributed by atoms with Crippen LogP contribution in [-0.4, -0.2) is 55.6 Å². The van der Waals surface area contributed by atoms with Crippen molar-refractivity contribution in [3.8, 4) is 0 Å². The number of amides is 2. The summed E-state index contributed by atoms with van der Waals surface area (Å²) in [5, 5.41) is 14.0. The normalized spacial score (nSPS) is 22.1. The number of halogens is 1. The van der Waals surface area contributed by atoms with Gasteiger partial charge < -0.3 is 25.0 Å². The number of piperidine rings is 1. The molecule has 2 amide bonds. The van der Waals surface area contributed by atoms with Gasteiger partial charge in [0.1, 0.15) is 11.5 Å². The minimum Gasteiger partial charge on any atom is -0.465 e. The number of nitrogens with one attached hydrogen (secondary N) is 2. The molecule has 2 fully saturated rings. The van der Waals surface area contributed by atoms with Crippen LogP contribution in [0.1, 0.15) is 16.2 Å². The zero-order valence-corrected chi connectivity index (χ0v) is 15.9. The van der Waals surface area contributed by atoms with Crippen LogP contribution in [0.3, 0.4) is 0 Å². The molecule has 30 heavy (non-hydrogen) atoms. The summed E-state index contributed by atoms with van der Waals surface area (Å²) in [6.45, 7) is 3.15. The molecule has 0 spiro atoms. The van der Waals surface area contributed by atoms with Crippen molar-refractivity contribution >= 4 is 29.2 Å². The maximum Gasteiger partial charge on any atom is 0.404 e. The summed E-state index contributed by atoms with van der Waals surface area (Å²) in [5.41, 5.74) is 1.25. The van der Waals surface area contributed by atoms with Crippen molar-refractivity contribution in [1.29, 1.82) is 0 Å². The van der Waals surface area contributed by atoms with E-state index in [4.69, 9.17) is 5.11 Å². The molecule has 2 unspecified atom stereocenters. The highest BCUT2D eigenvalue weighted by Crippen LogP contribution is 2.46. The van der Waals surface area contributed by atoms with Crippen LogP contribution in [0, 0.1) is 24.6 Å². The topological polar surface area (TPSA) is 125 Å². The summed E-state index contributed by atoms with van der Waals surface area (Å²) in [7, 11) is 0. The van der Waals surface area contributed by atoms with Crippen molar-refractivity contribution in [2.75, 3.05) is 23.3 Å². The largest absolute Gasteiger partial charge is 0.465 e. The van der Waals surface area contributed by atoms with Gasteiger partial charge in [0, 0.05) is 49.4 Å². The highest BCUT2D eigenvalue weighted by Gasteiger charge is 2.56. The monoisotopic (exact) mass is 411 g/mol. The lowest BCUT2D eigenvalue weighted by molar-refractivity contribution is 0.102. The third kappa shape index (κ3) is 3.17. The predicted molar refractivity (Wildman–Crippen MR) is 104 cm³/mol. The van der Waals surface area contributed by atoms with E-state index in [1.165, 1.54) is 22.9 Å². The molecule has 1 aliphatic carbocycles. The Morgan fingerprint density at radius 2 is 1.97 bits per heavy atom. The Labute approximate surface area is 169 Å². The molecule has 10 nitrogen and oxygen atoms in total. The quantitative estimate of drug-likeness (QED) is 0.595. The van der Waals surface area contributed by atoms with Crippen LogP contribution in [0.25, 0.3) is 5.65 Å². The number of carbonyl (C=O) groups is 2. The van der Waals surface area contributed by atoms with Crippen LogP contribution in [0.15, 0.2) is 30.9 Å². The highest BCUT2D eigenvalue weighted by molar-refractivity contribution is 6.02. The van der Waals surface area contributed by atoms with E-state index in [1.54, 1.807) is 19.3 Å². The Kier molecular flexibility index (Phi) is 4.05. The van der Waals surface area contributed by atoms with Gasteiger partial charge in [0.15, 0.2) is 11.5 Å². The predicted octanol–water partition coefficient (Wildman–Crippen LogP) is 1.53. The van der Waals surface area contributed by atoms with Crippen molar-refractivity contribution in [3.63, 3.8) is 0 Å². The minimum atomic E-state index is -1.00. The molecule has 2 aliphatic rings. The number of imidazole rings is 1. The zero-order chi connectivity index (χ0) is 21.0. The van der Waals surface area contributed by atoms with Crippen LogP contribution >= 0.6 is 0 Å². The standard InChI is InChI=1S/C19H18FN7O3/c1-9-5-27-6-10(2-13(20)17(27)23-9)24-18(28)14-3-22-15(4-21-14)26-7-11-12(8-26)16(11)25-19(29)30/h2-6,11-12,16,25H,7-8H2,1H3,(H,24,28)(H,29,30). The Morgan fingerprint density at radius 1 is 1.20 bits per heavy atom. The molecule has 3 aromatic heterocycles. The molecule has 5 rings (SSSR count). The second-order valence-corrected chi connectivity index (χ2v) is 7.61. The first kappa shape index (κ1) is 18.3. The Morgan fingerprint density at radius 3 is 2.63 bits per heavy atom. The first-order valence-electron chi connectivity index (χ1n) is 9.41. The first-order chi connectivity index (χ1) is 14.4. The van der Waals surface area contributed by atoms with E-state index in [0.717, 1.165) is 0 Å². The number of anilines is 2. The van der Waals surface area contributed by atoms with Crippen molar-refractivity contribution in [2.45, 2.75) is 13.0 Å². The molecule has 4 heterocycles. The number of rotatable bonds is 4. The van der Waals surface area contributed by atoms with Gasteiger partial charge >= 0.3 is 6.09 Å². The number of aromatic nitrogens is 4. The fourth-order valence-electron chi connectivity index (χ4n) is 4.11. The summed E-state index contributed by atoms with van der Waals surface area (Å²) >= 11 is 0. The summed E-state index contributed by atoms with van der Waals surface area (Å²) in [5.74, 6) is 0.157. The molecule has 3 N–H and O–H groups in total. The third-order valence-electron chi connectivity index (χ3n) is 5.56. The van der Waals surface area contributed by atoms with E-state index in [0.29, 0.717) is 24.6 Å². The molecule has 2 atom stereocenters. The lowest BCUT2D eigenvalue weighted by Gasteiger charge is -2.20. The maximum atomic E-state index is 14.2. The molecule has 0 radical (unpaired) electrons. The van der Waals surface area contributed by atoms with Crippen LogP contribution in [-0.2, 0) is 0 Å². The molecule has 1 saturated carbocycles. The zero-order valence-electron chi connectivity index (χ0n) is 15.9. The van der Waals surface area contributed by atoms with Gasteiger partial charge in [-0.25, -0.2) is 24.1 Å². The van der Waals surface area contributed by atoms with E-state index in [2.05, 4.69) is 25.6 Å². The summed E-state index contributed by atoms with van der Waals surface area (Å²) in [4.78, 5) is 37.8. The fourth-order valence-corrected chi connectivity index (χ4v) is 4.11. The molecular weight excluding hydrogens is 393 g/mol. The third-order valence-corrected chi connectivity index (χ3v) is 5.56. The number of carboxylic acid groups (broad SMARTS) is 1. The fraction of sp³-hybridized carbons (Fsp3) is 0.316. The van der Waals surface area contributed by atoms with Crippen molar-refractivity contribution in [3.05, 3.63) is 48.1 Å². The van der Waals surface area contributed by atoms with Gasteiger partial charge in [-0.1, -0.05) is 0 Å². The number of hydrogen-bond donors (Lipinski definition) is 3. The van der Waals surface area contributed by atoms with Crippen LogP contribution in [0.4, 0.5) is 20.7 Å². The van der Waals surface area contributed by atoms with Gasteiger partial charge in [0.2, 0.25) is 0 Å². The van der Waals surface area contributed by atoms with E-state index in [9.17, 15) is 14.0 Å². The molecule has 1 saturated heterocycles. The minimum absolute atomic E-state index is 0.00813. The van der Waals surface area contributed by atoms with E-state index in [1.807, 2.05) is 4.90 Å². The van der Waals surface area contributed by atoms with Gasteiger partial charge in [0.05, 0.1) is 23.8 Å². The van der Waals surface area contributed by atoms with E-state index >= 15 is 0 Å². The number of hydrogen-bond acceptors (Lipinski definition) is 6. The average molecular weight is 411 g/mol. The van der Waals surface area contributed by atoms with Crippen molar-refractivity contribution in [1.82, 2.24) is 24.7 Å². The van der Waals surface area contributed by atoms with Crippen molar-refractivity contribution in [2.24, 2.45) is 11.8 Å². The maximum absolute atomic E-state index is 14.2. The van der Waals surface area contributed by atoms with E-state index < -0.39 is 17.8 Å². The lowest BCUT2D eigenvalue weighted by Crippen LogP contribution is -2.34. The van der Waals surface area contributed by atoms with Crippen LogP contribution in [0.2, 0.25) is 0 Å². The molecule has 11 heteroatoms. The lowest BCUT2D eigenvalue weighted by atomic mass is 10.3. The molecule has 154 valence electrons. The SMILES string of the molecule is Cc1cn2cc(NC(=O)c3cnc(N4CC5C(C4)C5NC(=O)O)cn3)cc(F)c2n1. The Balaban J connectivity index is 1.24. The number of nitrogens with zero attached hydrogens (tertiary/aromatic N) is 5. The van der Waals surface area contributed by atoms with E-state index in [-0.39, 0.29) is 34.9 Å². The average Bonchev–Trinajstić information content (AvgIpc) is 3.05. The number of aryl methyl sites for hydroxylation is 1. The Hall–Kier alpha value is -3.76. The van der Waals surface area contributed by atoms with Gasteiger partial charge in [-0.15, -0.1) is 0 Å². The van der Waals surface area contributed by atoms with Crippen LogP contribution in [0.5, 0.6) is 0 Å². The van der Waals surface area contributed by atoms with Crippen LogP contribution < -0.4 is 15.5 Å². The molecule has 3 aromatic rings. The summed E-state index contributed by atoms with van der Waals surface area (Å²) in [6.07, 6.45) is 5.13. The molecule has 0 aromatic carbocycles. The molecule has 0 bridgehead atoms. The second-order valence-electron chi connectivity index (χ2n) is 7.61. The van der Waals surface area contributed by atoms with Gasteiger partial charge in [-0.3, -0.25) is 4.79 Å². The Bertz CT molecular complexity index is 1150. The summed E-state index contributed by atoms with van der Waals surface area (Å²) in [6, 6.07) is 1.22. The molecular formula is C19H18FN7O3. The second kappa shape index (κ2) is 6.65. The van der Waals surface area contributed by atoms with Crippen molar-refractivity contribution < 1.29 is 19.1 Å². The van der Waals surface area contributed by atoms with Gasteiger partial charge in [-0.2, -0.15) is 0 Å². The van der Waals surface area contributed by atoms with Gasteiger partial charge in [0.25, 0.3) is 5.91 Å². The number of carbonyl (C=O) groups excluding carboxylic acids is 1. The highest BCUT2D eigenvalue weighted by atomic mass is 19.1. The summed E-state index contributed by atoms with van der Waals surface area (Å²) < 4.78 is 15.7. The van der Waals surface area contributed by atoms with Gasteiger partial charge in [-0.05, 0) is 6.92 Å². The molecule has 1 aliphatic heterocycles. The number of fused-ring (bicyclic) bond motifs is 2. The number of pyridine rings is 1.